The van der Waals surface area contributed by atoms with E-state index in [0.29, 0.717) is 13.0 Å². The number of piperidine rings is 1. The lowest BCUT2D eigenvalue weighted by Crippen LogP contribution is -2.57. The molecule has 1 spiro atoms. The second-order valence-corrected chi connectivity index (χ2v) is 7.98. The van der Waals surface area contributed by atoms with Crippen molar-refractivity contribution in [1.29, 1.82) is 0 Å². The molecule has 30 heavy (non-hydrogen) atoms. The van der Waals surface area contributed by atoms with Crippen LogP contribution in [0.3, 0.4) is 0 Å². The highest BCUT2D eigenvalue weighted by Gasteiger charge is 2.62. The van der Waals surface area contributed by atoms with E-state index in [1.807, 2.05) is 24.3 Å². The first-order valence-electron chi connectivity index (χ1n) is 10.5. The zero-order chi connectivity index (χ0) is 21.5. The number of amides is 2. The summed E-state index contributed by atoms with van der Waals surface area (Å²) in [5.74, 6) is -3.08. The lowest BCUT2D eigenvalue weighted by atomic mass is 9.68. The Bertz CT molecular complexity index is 899. The van der Waals surface area contributed by atoms with Gasteiger partial charge in [-0.25, -0.2) is 0 Å². The Hall–Kier alpha value is -2.90. The molecular formula is C22H26N2O6. The number of anilines is 1. The number of carbonyl (C=O) groups excluding carboxylic acids is 4. The minimum atomic E-state index is -0.883. The molecule has 4 rings (SSSR count). The summed E-state index contributed by atoms with van der Waals surface area (Å²) in [7, 11) is 0. The first-order chi connectivity index (χ1) is 14.4. The summed E-state index contributed by atoms with van der Waals surface area (Å²) < 4.78 is 10.3. The molecule has 1 N–H and O–H groups in total. The third-order valence-electron chi connectivity index (χ3n) is 6.60. The molecule has 0 bridgehead atoms. The van der Waals surface area contributed by atoms with Gasteiger partial charge in [0.05, 0.1) is 42.9 Å². The van der Waals surface area contributed by atoms with E-state index in [-0.39, 0.29) is 37.9 Å². The maximum atomic E-state index is 13.4. The van der Waals surface area contributed by atoms with Crippen molar-refractivity contribution in [3.8, 4) is 0 Å². The number of carbonyl (C=O) groups is 4. The maximum Gasteiger partial charge on any atom is 0.309 e. The molecule has 8 heteroatoms. The number of benzene rings is 1. The van der Waals surface area contributed by atoms with Crippen molar-refractivity contribution in [1.82, 2.24) is 4.90 Å². The van der Waals surface area contributed by atoms with Crippen molar-refractivity contribution in [2.24, 2.45) is 11.8 Å². The first kappa shape index (κ1) is 20.4. The Balaban J connectivity index is 1.71. The van der Waals surface area contributed by atoms with Gasteiger partial charge in [0.15, 0.2) is 0 Å². The minimum Gasteiger partial charge on any atom is -0.466 e. The summed E-state index contributed by atoms with van der Waals surface area (Å²) in [6, 6.07) is 7.03. The van der Waals surface area contributed by atoms with E-state index in [9.17, 15) is 19.2 Å². The van der Waals surface area contributed by atoms with E-state index in [2.05, 4.69) is 5.32 Å². The monoisotopic (exact) mass is 414 g/mol. The van der Waals surface area contributed by atoms with E-state index < -0.39 is 35.2 Å². The van der Waals surface area contributed by atoms with Crippen molar-refractivity contribution in [3.05, 3.63) is 29.8 Å². The van der Waals surface area contributed by atoms with E-state index in [1.165, 1.54) is 0 Å². The summed E-state index contributed by atoms with van der Waals surface area (Å²) >= 11 is 0. The SMILES string of the molecule is CCOC(=O)C[C@@H]1C(=O)N2CC[C@@]3(C(=O)Nc4ccccc43)[C@@H]2C[C@H]1C(=O)OCC. The highest BCUT2D eigenvalue weighted by molar-refractivity contribution is 6.08. The predicted octanol–water partition coefficient (Wildman–Crippen LogP) is 1.63. The van der Waals surface area contributed by atoms with Gasteiger partial charge in [0.2, 0.25) is 11.8 Å². The third-order valence-corrected chi connectivity index (χ3v) is 6.60. The predicted molar refractivity (Wildman–Crippen MR) is 106 cm³/mol. The van der Waals surface area contributed by atoms with Gasteiger partial charge < -0.3 is 19.7 Å². The van der Waals surface area contributed by atoms with Crippen LogP contribution in [-0.4, -0.2) is 54.5 Å². The van der Waals surface area contributed by atoms with Crippen LogP contribution in [0.5, 0.6) is 0 Å². The van der Waals surface area contributed by atoms with Crippen molar-refractivity contribution in [3.63, 3.8) is 0 Å². The van der Waals surface area contributed by atoms with Gasteiger partial charge in [-0.05, 0) is 38.3 Å². The smallest absolute Gasteiger partial charge is 0.309 e. The molecule has 8 nitrogen and oxygen atoms in total. The van der Waals surface area contributed by atoms with Gasteiger partial charge in [-0.1, -0.05) is 18.2 Å². The topological polar surface area (TPSA) is 102 Å². The van der Waals surface area contributed by atoms with E-state index in [1.54, 1.807) is 18.7 Å². The number of hydrogen-bond donors (Lipinski definition) is 1. The van der Waals surface area contributed by atoms with Crippen LogP contribution in [0.2, 0.25) is 0 Å². The lowest BCUT2D eigenvalue weighted by molar-refractivity contribution is -0.165. The number of ether oxygens (including phenoxy) is 2. The van der Waals surface area contributed by atoms with Crippen LogP contribution >= 0.6 is 0 Å². The summed E-state index contributed by atoms with van der Waals surface area (Å²) in [5, 5.41) is 2.94. The molecule has 2 saturated heterocycles. The Morgan fingerprint density at radius 3 is 2.63 bits per heavy atom. The zero-order valence-corrected chi connectivity index (χ0v) is 17.2. The molecule has 3 aliphatic rings. The van der Waals surface area contributed by atoms with Crippen molar-refractivity contribution >= 4 is 29.4 Å². The van der Waals surface area contributed by atoms with Gasteiger partial charge in [-0.3, -0.25) is 19.2 Å². The van der Waals surface area contributed by atoms with Crippen LogP contribution in [0.4, 0.5) is 5.69 Å². The standard InChI is InChI=1S/C22H26N2O6/c1-3-29-18(25)12-13-14(20(27)30-4-2)11-17-22(9-10-24(17)19(13)26)15-7-5-6-8-16(15)23-21(22)28/h5-8,13-14,17H,3-4,9-12H2,1-2H3,(H,23,28)/t13-,14+,17-,22-/m0/s1. The molecule has 2 fully saturated rings. The third kappa shape index (κ3) is 2.97. The average molecular weight is 414 g/mol. The second-order valence-electron chi connectivity index (χ2n) is 7.98. The fourth-order valence-electron chi connectivity index (χ4n) is 5.32. The van der Waals surface area contributed by atoms with Gasteiger partial charge in [0, 0.05) is 12.2 Å². The van der Waals surface area contributed by atoms with E-state index >= 15 is 0 Å². The quantitative estimate of drug-likeness (QED) is 0.735. The number of nitrogens with one attached hydrogen (secondary N) is 1. The number of nitrogens with zero attached hydrogens (tertiary/aromatic N) is 1. The van der Waals surface area contributed by atoms with Gasteiger partial charge in [-0.15, -0.1) is 0 Å². The zero-order valence-electron chi connectivity index (χ0n) is 17.2. The highest BCUT2D eigenvalue weighted by atomic mass is 16.5. The number of para-hydroxylation sites is 1. The molecule has 160 valence electrons. The normalized spacial score (nSPS) is 29.4. The fraction of sp³-hybridized carbons (Fsp3) is 0.545. The van der Waals surface area contributed by atoms with Crippen molar-refractivity contribution < 1.29 is 28.7 Å². The van der Waals surface area contributed by atoms with Crippen LogP contribution in [-0.2, 0) is 34.1 Å². The molecule has 0 saturated carbocycles. The molecule has 1 aromatic rings. The molecular weight excluding hydrogens is 388 g/mol. The van der Waals surface area contributed by atoms with E-state index in [4.69, 9.17) is 9.47 Å². The van der Waals surface area contributed by atoms with Crippen LogP contribution in [0.25, 0.3) is 0 Å². The van der Waals surface area contributed by atoms with Crippen molar-refractivity contribution in [2.75, 3.05) is 25.1 Å². The highest BCUT2D eigenvalue weighted by Crippen LogP contribution is 2.52. The number of fused-ring (bicyclic) bond motifs is 4. The summed E-state index contributed by atoms with van der Waals surface area (Å²) in [5.41, 5.74) is 0.728. The van der Waals surface area contributed by atoms with E-state index in [0.717, 1.165) is 11.3 Å². The number of hydrogen-bond acceptors (Lipinski definition) is 6. The lowest BCUT2D eigenvalue weighted by Gasteiger charge is -2.43. The molecule has 3 aliphatic heterocycles. The maximum absolute atomic E-state index is 13.4. The fourth-order valence-corrected chi connectivity index (χ4v) is 5.32. The molecule has 1 aromatic carbocycles. The Morgan fingerprint density at radius 1 is 1.17 bits per heavy atom. The van der Waals surface area contributed by atoms with Crippen LogP contribution in [0.15, 0.2) is 24.3 Å². The van der Waals surface area contributed by atoms with Gasteiger partial charge in [-0.2, -0.15) is 0 Å². The number of rotatable bonds is 5. The van der Waals surface area contributed by atoms with Crippen LogP contribution in [0.1, 0.15) is 38.7 Å². The molecule has 0 aliphatic carbocycles. The summed E-state index contributed by atoms with van der Waals surface area (Å²) in [6.45, 7) is 4.18. The van der Waals surface area contributed by atoms with Gasteiger partial charge in [0.25, 0.3) is 0 Å². The van der Waals surface area contributed by atoms with Crippen LogP contribution < -0.4 is 5.32 Å². The molecule has 3 heterocycles. The average Bonchev–Trinajstić information content (AvgIpc) is 3.24. The Morgan fingerprint density at radius 2 is 1.90 bits per heavy atom. The van der Waals surface area contributed by atoms with Crippen LogP contribution in [0, 0.1) is 11.8 Å². The largest absolute Gasteiger partial charge is 0.466 e. The molecule has 0 radical (unpaired) electrons. The second kappa shape index (κ2) is 7.74. The molecule has 4 atom stereocenters. The summed E-state index contributed by atoms with van der Waals surface area (Å²) in [4.78, 5) is 53.1. The molecule has 0 unspecified atom stereocenters. The Labute approximate surface area is 174 Å². The molecule has 0 aromatic heterocycles. The molecule has 2 amide bonds. The number of esters is 2. The minimum absolute atomic E-state index is 0.143. The van der Waals surface area contributed by atoms with Crippen molar-refractivity contribution in [2.45, 2.75) is 44.6 Å². The van der Waals surface area contributed by atoms with Gasteiger partial charge >= 0.3 is 11.9 Å². The first-order valence-corrected chi connectivity index (χ1v) is 10.5. The van der Waals surface area contributed by atoms with Gasteiger partial charge in [0.1, 0.15) is 0 Å². The Kier molecular flexibility index (Phi) is 5.26. The summed E-state index contributed by atoms with van der Waals surface area (Å²) in [6.07, 6.45) is 0.583.